The van der Waals surface area contributed by atoms with E-state index in [9.17, 15) is 9.59 Å². The van der Waals surface area contributed by atoms with Crippen LogP contribution in [-0.2, 0) is 16.0 Å². The predicted molar refractivity (Wildman–Crippen MR) is 96.3 cm³/mol. The van der Waals surface area contributed by atoms with Crippen LogP contribution in [0.15, 0.2) is 48.5 Å². The number of hydrogen-bond acceptors (Lipinski definition) is 2. The van der Waals surface area contributed by atoms with Gasteiger partial charge in [0.15, 0.2) is 6.54 Å². The summed E-state index contributed by atoms with van der Waals surface area (Å²) in [6.07, 6.45) is 3.36. The zero-order valence-electron chi connectivity index (χ0n) is 14.1. The molecule has 1 aliphatic heterocycles. The third-order valence-electron chi connectivity index (χ3n) is 5.06. The average molecular weight is 336 g/mol. The quantitative estimate of drug-likeness (QED) is 0.894. The first-order chi connectivity index (χ1) is 12.2. The van der Waals surface area contributed by atoms with Gasteiger partial charge < -0.3 is 10.6 Å². The van der Waals surface area contributed by atoms with Crippen molar-refractivity contribution in [3.8, 4) is 0 Å². The summed E-state index contributed by atoms with van der Waals surface area (Å²) in [5.41, 5.74) is 4.23. The molecule has 0 bridgehead atoms. The first-order valence-corrected chi connectivity index (χ1v) is 8.83. The lowest BCUT2D eigenvalue weighted by molar-refractivity contribution is -0.687. The van der Waals surface area contributed by atoms with Gasteiger partial charge in [0.2, 0.25) is 5.91 Å². The first-order valence-electron chi connectivity index (χ1n) is 8.83. The standard InChI is InChI=1S/C20H21N3O2/c24-19-13-23(18-11-4-3-9-17(18)22-19)20(25)12-21-16-10-5-7-14-6-1-2-8-15(14)16/h1-4,6,8-9,11,16,21H,5,7,10,12-13H2,(H,22,24)/p+1/t16-/m1/s1. The van der Waals surface area contributed by atoms with Gasteiger partial charge in [-0.05, 0) is 30.5 Å². The molecule has 0 saturated heterocycles. The fraction of sp³-hybridized carbons (Fsp3) is 0.300. The van der Waals surface area contributed by atoms with E-state index in [1.807, 2.05) is 24.3 Å². The number of hydrogen-bond donors (Lipinski definition) is 2. The molecule has 2 aromatic rings. The van der Waals surface area contributed by atoms with Gasteiger partial charge in [0.1, 0.15) is 12.6 Å². The largest absolute Gasteiger partial charge is 0.332 e. The Balaban J connectivity index is 1.48. The lowest BCUT2D eigenvalue weighted by Crippen LogP contribution is -2.88. The van der Waals surface area contributed by atoms with Gasteiger partial charge in [0.05, 0.1) is 11.4 Å². The Hall–Kier alpha value is -2.66. The highest BCUT2D eigenvalue weighted by Gasteiger charge is 2.29. The molecule has 0 radical (unpaired) electrons. The highest BCUT2D eigenvalue weighted by Crippen LogP contribution is 2.29. The van der Waals surface area contributed by atoms with Crippen molar-refractivity contribution in [1.82, 2.24) is 0 Å². The number of carbonyl (C=O) groups is 2. The normalized spacial score (nSPS) is 19.0. The number of benzene rings is 2. The molecular formula is C20H22N3O2+. The number of nitrogens with one attached hydrogen (secondary N) is 1. The molecule has 2 aliphatic rings. The SMILES string of the molecule is O=C1CN(C(=O)C[NH2+][C@@H]2CCCc3ccccc32)c2ccccc2N1. The van der Waals surface area contributed by atoms with Gasteiger partial charge in [-0.2, -0.15) is 0 Å². The summed E-state index contributed by atoms with van der Waals surface area (Å²) in [6.45, 7) is 0.436. The predicted octanol–water partition coefficient (Wildman–Crippen LogP) is 1.61. The molecule has 1 heterocycles. The Labute approximate surface area is 147 Å². The van der Waals surface area contributed by atoms with E-state index in [1.165, 1.54) is 11.1 Å². The first kappa shape index (κ1) is 15.8. The zero-order valence-corrected chi connectivity index (χ0v) is 14.1. The molecule has 25 heavy (non-hydrogen) atoms. The number of nitrogens with two attached hydrogens (primary N) is 1. The van der Waals surface area contributed by atoms with Gasteiger partial charge in [0, 0.05) is 12.0 Å². The highest BCUT2D eigenvalue weighted by molar-refractivity contribution is 6.10. The number of carbonyl (C=O) groups excluding carboxylic acids is 2. The van der Waals surface area contributed by atoms with Crippen molar-refractivity contribution in [2.75, 3.05) is 23.3 Å². The maximum Gasteiger partial charge on any atom is 0.282 e. The monoisotopic (exact) mass is 336 g/mol. The Morgan fingerprint density at radius 2 is 1.96 bits per heavy atom. The Bertz CT molecular complexity index is 818. The molecule has 4 rings (SSSR count). The highest BCUT2D eigenvalue weighted by atomic mass is 16.2. The number of aryl methyl sites for hydroxylation is 1. The number of amides is 2. The topological polar surface area (TPSA) is 66.0 Å². The van der Waals surface area contributed by atoms with Crippen molar-refractivity contribution >= 4 is 23.2 Å². The summed E-state index contributed by atoms with van der Waals surface area (Å²) in [4.78, 5) is 26.3. The molecule has 5 nitrogen and oxygen atoms in total. The molecule has 0 spiro atoms. The van der Waals surface area contributed by atoms with Crippen molar-refractivity contribution in [3.05, 3.63) is 59.7 Å². The van der Waals surface area contributed by atoms with Crippen LogP contribution in [0.25, 0.3) is 0 Å². The summed E-state index contributed by atoms with van der Waals surface area (Å²) < 4.78 is 0. The molecule has 1 aliphatic carbocycles. The number of anilines is 2. The molecule has 0 saturated carbocycles. The maximum absolute atomic E-state index is 12.8. The minimum Gasteiger partial charge on any atom is -0.332 e. The molecule has 5 heteroatoms. The van der Waals surface area contributed by atoms with Crippen LogP contribution in [0.2, 0.25) is 0 Å². The molecule has 2 aromatic carbocycles. The Morgan fingerprint density at radius 1 is 1.16 bits per heavy atom. The van der Waals surface area contributed by atoms with Gasteiger partial charge in [0.25, 0.3) is 5.91 Å². The minimum atomic E-state index is -0.143. The molecule has 3 N–H and O–H groups in total. The zero-order chi connectivity index (χ0) is 17.2. The maximum atomic E-state index is 12.8. The van der Waals surface area contributed by atoms with E-state index in [-0.39, 0.29) is 18.4 Å². The van der Waals surface area contributed by atoms with Gasteiger partial charge in [-0.1, -0.05) is 36.4 Å². The summed E-state index contributed by atoms with van der Waals surface area (Å²) in [5, 5.41) is 4.94. The van der Waals surface area contributed by atoms with Crippen molar-refractivity contribution in [1.29, 1.82) is 0 Å². The van der Waals surface area contributed by atoms with Crippen LogP contribution in [0.3, 0.4) is 0 Å². The van der Waals surface area contributed by atoms with E-state index in [2.05, 4.69) is 34.9 Å². The summed E-state index contributed by atoms with van der Waals surface area (Å²) in [6, 6.07) is 16.3. The molecule has 128 valence electrons. The van der Waals surface area contributed by atoms with Crippen LogP contribution in [0, 0.1) is 0 Å². The fourth-order valence-corrected chi connectivity index (χ4v) is 3.85. The average Bonchev–Trinajstić information content (AvgIpc) is 2.65. The van der Waals surface area contributed by atoms with Crippen LogP contribution >= 0.6 is 0 Å². The van der Waals surface area contributed by atoms with Gasteiger partial charge in [-0.25, -0.2) is 0 Å². The Kier molecular flexibility index (Phi) is 4.24. The van der Waals surface area contributed by atoms with Crippen molar-refractivity contribution in [2.45, 2.75) is 25.3 Å². The molecule has 2 amide bonds. The van der Waals surface area contributed by atoms with Crippen LogP contribution in [0.4, 0.5) is 11.4 Å². The number of para-hydroxylation sites is 2. The molecule has 1 atom stereocenters. The van der Waals surface area contributed by atoms with E-state index in [0.29, 0.717) is 18.3 Å². The molecular weight excluding hydrogens is 314 g/mol. The van der Waals surface area contributed by atoms with E-state index >= 15 is 0 Å². The smallest absolute Gasteiger partial charge is 0.282 e. The van der Waals surface area contributed by atoms with Crippen molar-refractivity contribution in [2.24, 2.45) is 0 Å². The lowest BCUT2D eigenvalue weighted by atomic mass is 9.88. The fourth-order valence-electron chi connectivity index (χ4n) is 3.85. The summed E-state index contributed by atoms with van der Waals surface area (Å²) in [5.74, 6) is -0.166. The van der Waals surface area contributed by atoms with Crippen LogP contribution in [0.1, 0.15) is 30.0 Å². The summed E-state index contributed by atoms with van der Waals surface area (Å²) in [7, 11) is 0. The number of fused-ring (bicyclic) bond motifs is 2. The number of nitrogens with zero attached hydrogens (tertiary/aromatic N) is 1. The van der Waals surface area contributed by atoms with Crippen LogP contribution in [0.5, 0.6) is 0 Å². The van der Waals surface area contributed by atoms with Gasteiger partial charge in [-0.15, -0.1) is 0 Å². The van der Waals surface area contributed by atoms with Crippen LogP contribution < -0.4 is 15.5 Å². The van der Waals surface area contributed by atoms with Crippen molar-refractivity contribution in [3.63, 3.8) is 0 Å². The summed E-state index contributed by atoms with van der Waals surface area (Å²) >= 11 is 0. The number of rotatable bonds is 3. The minimum absolute atomic E-state index is 0.0228. The second-order valence-corrected chi connectivity index (χ2v) is 6.68. The van der Waals surface area contributed by atoms with E-state index < -0.39 is 0 Å². The third-order valence-corrected chi connectivity index (χ3v) is 5.06. The number of quaternary nitrogens is 1. The van der Waals surface area contributed by atoms with Gasteiger partial charge in [-0.3, -0.25) is 14.5 Å². The second kappa shape index (κ2) is 6.69. The second-order valence-electron chi connectivity index (χ2n) is 6.68. The molecule has 0 fully saturated rings. The Morgan fingerprint density at radius 3 is 2.88 bits per heavy atom. The van der Waals surface area contributed by atoms with E-state index in [1.54, 1.807) is 4.90 Å². The third kappa shape index (κ3) is 3.15. The van der Waals surface area contributed by atoms with E-state index in [0.717, 1.165) is 24.9 Å². The van der Waals surface area contributed by atoms with Gasteiger partial charge >= 0.3 is 0 Å². The van der Waals surface area contributed by atoms with Crippen molar-refractivity contribution < 1.29 is 14.9 Å². The molecule has 0 unspecified atom stereocenters. The molecule has 0 aromatic heterocycles. The van der Waals surface area contributed by atoms with Crippen LogP contribution in [-0.4, -0.2) is 24.9 Å². The van der Waals surface area contributed by atoms with E-state index in [4.69, 9.17) is 0 Å². The lowest BCUT2D eigenvalue weighted by Gasteiger charge is -2.29.